The molecule has 0 atom stereocenters. The number of halogens is 1. The third-order valence-corrected chi connectivity index (χ3v) is 7.44. The minimum Gasteiger partial charge on any atom is -0.351 e. The first-order chi connectivity index (χ1) is 11.1. The number of hydrogen-bond acceptors (Lipinski definition) is 2. The second-order valence-corrected chi connectivity index (χ2v) is 9.20. The van der Waals surface area contributed by atoms with E-state index in [-0.39, 0.29) is 18.3 Å². The standard InChI is InChI=1S/C19H24FNOS/c20-17-4-2-1-3-16(17)11-21-18(22)12-23-19-8-13-5-14(9-19)7-15(6-13)10-19/h1-4,13-15H,5-12H2,(H,21,22). The molecule has 1 aromatic carbocycles. The van der Waals surface area contributed by atoms with Gasteiger partial charge in [0.15, 0.2) is 0 Å². The van der Waals surface area contributed by atoms with E-state index in [0.29, 0.717) is 16.1 Å². The van der Waals surface area contributed by atoms with Crippen LogP contribution in [-0.4, -0.2) is 16.4 Å². The molecule has 0 saturated heterocycles. The fourth-order valence-electron chi connectivity index (χ4n) is 5.31. The number of thioether (sulfide) groups is 1. The van der Waals surface area contributed by atoms with Crippen molar-refractivity contribution in [2.75, 3.05) is 5.75 Å². The second-order valence-electron chi connectivity index (χ2n) is 7.76. The zero-order valence-electron chi connectivity index (χ0n) is 13.4. The Kier molecular flexibility index (Phi) is 4.12. The molecule has 1 amide bonds. The van der Waals surface area contributed by atoms with Gasteiger partial charge in [0.2, 0.25) is 5.91 Å². The highest BCUT2D eigenvalue weighted by molar-refractivity contribution is 8.01. The highest BCUT2D eigenvalue weighted by Crippen LogP contribution is 2.60. The quantitative estimate of drug-likeness (QED) is 0.877. The second kappa shape index (κ2) is 6.12. The summed E-state index contributed by atoms with van der Waals surface area (Å²) in [5, 5.41) is 2.87. The average molecular weight is 333 g/mol. The third kappa shape index (κ3) is 3.28. The predicted molar refractivity (Wildman–Crippen MR) is 91.6 cm³/mol. The molecule has 0 radical (unpaired) electrons. The van der Waals surface area contributed by atoms with Gasteiger partial charge in [-0.3, -0.25) is 4.79 Å². The van der Waals surface area contributed by atoms with Crippen molar-refractivity contribution >= 4 is 17.7 Å². The van der Waals surface area contributed by atoms with Crippen LogP contribution in [0.25, 0.3) is 0 Å². The fourth-order valence-corrected chi connectivity index (χ4v) is 6.91. The Morgan fingerprint density at radius 1 is 1.13 bits per heavy atom. The van der Waals surface area contributed by atoms with Gasteiger partial charge in [0.25, 0.3) is 0 Å². The van der Waals surface area contributed by atoms with Gasteiger partial charge < -0.3 is 5.32 Å². The zero-order valence-corrected chi connectivity index (χ0v) is 14.2. The van der Waals surface area contributed by atoms with Gasteiger partial charge in [0, 0.05) is 16.9 Å². The van der Waals surface area contributed by atoms with Gasteiger partial charge in [-0.15, -0.1) is 11.8 Å². The molecule has 0 aromatic heterocycles. The Morgan fingerprint density at radius 3 is 2.35 bits per heavy atom. The van der Waals surface area contributed by atoms with Crippen LogP contribution in [0.4, 0.5) is 4.39 Å². The summed E-state index contributed by atoms with van der Waals surface area (Å²) in [7, 11) is 0. The molecule has 4 fully saturated rings. The number of benzene rings is 1. The molecule has 4 heteroatoms. The number of nitrogens with one attached hydrogen (secondary N) is 1. The topological polar surface area (TPSA) is 29.1 Å². The summed E-state index contributed by atoms with van der Waals surface area (Å²) in [5.41, 5.74) is 0.556. The molecule has 0 spiro atoms. The van der Waals surface area contributed by atoms with Crippen molar-refractivity contribution in [1.29, 1.82) is 0 Å². The molecule has 4 bridgehead atoms. The minimum atomic E-state index is -0.249. The Morgan fingerprint density at radius 2 is 1.74 bits per heavy atom. The Labute approximate surface area is 141 Å². The average Bonchev–Trinajstić information content (AvgIpc) is 2.51. The lowest BCUT2D eigenvalue weighted by Crippen LogP contribution is -2.49. The summed E-state index contributed by atoms with van der Waals surface area (Å²) in [4.78, 5) is 12.2. The van der Waals surface area contributed by atoms with Crippen LogP contribution < -0.4 is 5.32 Å². The van der Waals surface area contributed by atoms with Gasteiger partial charge in [-0.1, -0.05) is 18.2 Å². The maximum atomic E-state index is 13.6. The monoisotopic (exact) mass is 333 g/mol. The van der Waals surface area contributed by atoms with E-state index < -0.39 is 0 Å². The Hall–Kier alpha value is -1.03. The molecular weight excluding hydrogens is 309 g/mol. The molecule has 5 rings (SSSR count). The summed E-state index contributed by atoms with van der Waals surface area (Å²) in [5.74, 6) is 3.04. The van der Waals surface area contributed by atoms with Crippen molar-refractivity contribution in [2.45, 2.75) is 49.8 Å². The maximum absolute atomic E-state index is 13.6. The van der Waals surface area contributed by atoms with E-state index in [9.17, 15) is 9.18 Å². The first-order valence-electron chi connectivity index (χ1n) is 8.76. The third-order valence-electron chi connectivity index (χ3n) is 5.93. The Balaban J connectivity index is 1.29. The van der Waals surface area contributed by atoms with Crippen LogP contribution in [0.15, 0.2) is 24.3 Å². The van der Waals surface area contributed by atoms with E-state index in [1.807, 2.05) is 11.8 Å². The number of rotatable bonds is 5. The van der Waals surface area contributed by atoms with Crippen molar-refractivity contribution in [3.63, 3.8) is 0 Å². The van der Waals surface area contributed by atoms with E-state index in [2.05, 4.69) is 5.32 Å². The smallest absolute Gasteiger partial charge is 0.230 e. The van der Waals surface area contributed by atoms with Crippen LogP contribution in [0, 0.1) is 23.6 Å². The van der Waals surface area contributed by atoms with E-state index in [4.69, 9.17) is 0 Å². The molecule has 4 saturated carbocycles. The number of hydrogen-bond donors (Lipinski definition) is 1. The predicted octanol–water partition coefficient (Wildman–Crippen LogP) is 4.14. The molecule has 0 aliphatic heterocycles. The van der Waals surface area contributed by atoms with Crippen molar-refractivity contribution < 1.29 is 9.18 Å². The molecule has 124 valence electrons. The highest BCUT2D eigenvalue weighted by atomic mass is 32.2. The van der Waals surface area contributed by atoms with Gasteiger partial charge in [-0.25, -0.2) is 4.39 Å². The summed E-state index contributed by atoms with van der Waals surface area (Å²) < 4.78 is 13.9. The highest BCUT2D eigenvalue weighted by Gasteiger charge is 2.51. The molecule has 1 aromatic rings. The number of carbonyl (C=O) groups is 1. The fraction of sp³-hybridized carbons (Fsp3) is 0.632. The van der Waals surface area contributed by atoms with Crippen molar-refractivity contribution in [1.82, 2.24) is 5.32 Å². The van der Waals surface area contributed by atoms with Crippen LogP contribution >= 0.6 is 11.8 Å². The lowest BCUT2D eigenvalue weighted by atomic mass is 9.56. The molecule has 0 unspecified atom stereocenters. The first-order valence-corrected chi connectivity index (χ1v) is 9.74. The van der Waals surface area contributed by atoms with Gasteiger partial charge >= 0.3 is 0 Å². The lowest BCUT2D eigenvalue weighted by molar-refractivity contribution is -0.118. The SMILES string of the molecule is O=C(CSC12CC3CC(CC(C3)C1)C2)NCc1ccccc1F. The first kappa shape index (κ1) is 15.5. The summed E-state index contributed by atoms with van der Waals surface area (Å²) >= 11 is 1.88. The van der Waals surface area contributed by atoms with Gasteiger partial charge in [0.05, 0.1) is 5.75 Å². The van der Waals surface area contributed by atoms with Crippen LogP contribution in [0.2, 0.25) is 0 Å². The van der Waals surface area contributed by atoms with E-state index in [1.54, 1.807) is 18.2 Å². The van der Waals surface area contributed by atoms with Gasteiger partial charge in [-0.05, 0) is 62.3 Å². The molecule has 2 nitrogen and oxygen atoms in total. The number of carbonyl (C=O) groups excluding carboxylic acids is 1. The van der Waals surface area contributed by atoms with Crippen LogP contribution in [0.5, 0.6) is 0 Å². The maximum Gasteiger partial charge on any atom is 0.230 e. The van der Waals surface area contributed by atoms with Crippen molar-refractivity contribution in [3.8, 4) is 0 Å². The molecular formula is C19H24FNOS. The van der Waals surface area contributed by atoms with Crippen LogP contribution in [-0.2, 0) is 11.3 Å². The zero-order chi connectivity index (χ0) is 15.9. The normalized spacial score (nSPS) is 34.6. The molecule has 1 N–H and O–H groups in total. The lowest BCUT2D eigenvalue weighted by Gasteiger charge is -2.56. The van der Waals surface area contributed by atoms with Gasteiger partial charge in [0.1, 0.15) is 5.82 Å². The molecule has 4 aliphatic carbocycles. The number of amides is 1. The van der Waals surface area contributed by atoms with Gasteiger partial charge in [-0.2, -0.15) is 0 Å². The molecule has 4 aliphatic rings. The minimum absolute atomic E-state index is 0.0361. The summed E-state index contributed by atoms with van der Waals surface area (Å²) in [6, 6.07) is 6.63. The Bertz CT molecular complexity index is 568. The van der Waals surface area contributed by atoms with Crippen molar-refractivity contribution in [3.05, 3.63) is 35.6 Å². The van der Waals surface area contributed by atoms with Crippen molar-refractivity contribution in [2.24, 2.45) is 17.8 Å². The van der Waals surface area contributed by atoms with E-state index in [0.717, 1.165) is 17.8 Å². The largest absolute Gasteiger partial charge is 0.351 e. The van der Waals surface area contributed by atoms with E-state index >= 15 is 0 Å². The van der Waals surface area contributed by atoms with Crippen LogP contribution in [0.3, 0.4) is 0 Å². The van der Waals surface area contributed by atoms with E-state index in [1.165, 1.54) is 44.6 Å². The summed E-state index contributed by atoms with van der Waals surface area (Å²) in [6.45, 7) is 0.285. The summed E-state index contributed by atoms with van der Waals surface area (Å²) in [6.07, 6.45) is 8.22. The molecule has 23 heavy (non-hydrogen) atoms. The van der Waals surface area contributed by atoms with Crippen LogP contribution in [0.1, 0.15) is 44.1 Å². The molecule has 0 heterocycles.